The van der Waals surface area contributed by atoms with Crippen LogP contribution in [0, 0.1) is 0 Å². The number of nitrogens with zero attached hydrogens (tertiary/aromatic N) is 4. The molecule has 0 bridgehead atoms. The maximum absolute atomic E-state index is 4.54. The zero-order valence-corrected chi connectivity index (χ0v) is 24.3. The number of para-hydroxylation sites is 1. The quantitative estimate of drug-likeness (QED) is 0.323. The van der Waals surface area contributed by atoms with Crippen molar-refractivity contribution in [3.05, 3.63) is 76.4 Å². The van der Waals surface area contributed by atoms with E-state index in [0.717, 1.165) is 24.4 Å². The summed E-state index contributed by atoms with van der Waals surface area (Å²) in [7, 11) is -2.76. The highest BCUT2D eigenvalue weighted by atomic mass is 28.4. The van der Waals surface area contributed by atoms with Crippen molar-refractivity contribution < 1.29 is 0 Å². The standard InChI is InChI=1S/C28H41N5Si2/c1-34(2,3)26(35(4,5)6)21-22-17-19-23(20-18-22)27(29-24-13-9-7-10-14-24)28-30-31-32-33(28)25-15-11-8-12-16-25/h7,9-10,13-14,17-21,25,27,29H,8,11-12,15-16H2,1-6H3. The Morgan fingerprint density at radius 3 is 2.11 bits per heavy atom. The minimum atomic E-state index is -1.38. The van der Waals surface area contributed by atoms with Crippen molar-refractivity contribution in [1.82, 2.24) is 20.2 Å². The highest BCUT2D eigenvalue weighted by Gasteiger charge is 2.31. The van der Waals surface area contributed by atoms with Gasteiger partial charge in [0.05, 0.1) is 22.2 Å². The first-order valence-corrected chi connectivity index (χ1v) is 20.0. The lowest BCUT2D eigenvalue weighted by atomic mass is 9.95. The Hall–Kier alpha value is -2.52. The Bertz CT molecular complexity index is 1100. The second kappa shape index (κ2) is 10.6. The number of rotatable bonds is 8. The van der Waals surface area contributed by atoms with E-state index >= 15 is 0 Å². The minimum absolute atomic E-state index is 0.110. The largest absolute Gasteiger partial charge is 0.371 e. The summed E-state index contributed by atoms with van der Waals surface area (Å²) in [6, 6.07) is 19.7. The van der Waals surface area contributed by atoms with Crippen LogP contribution >= 0.6 is 0 Å². The molecule has 1 saturated carbocycles. The highest BCUT2D eigenvalue weighted by Crippen LogP contribution is 2.33. The van der Waals surface area contributed by atoms with Crippen LogP contribution in [0.1, 0.15) is 61.1 Å². The fraction of sp³-hybridized carbons (Fsp3) is 0.464. The van der Waals surface area contributed by atoms with Crippen molar-refractivity contribution >= 4 is 27.9 Å². The maximum Gasteiger partial charge on any atom is 0.178 e. The van der Waals surface area contributed by atoms with Gasteiger partial charge in [0.2, 0.25) is 0 Å². The third-order valence-electron chi connectivity index (χ3n) is 6.98. The Kier molecular flexibility index (Phi) is 7.76. The summed E-state index contributed by atoms with van der Waals surface area (Å²) in [4.78, 5) is 1.72. The van der Waals surface area contributed by atoms with E-state index < -0.39 is 16.1 Å². The lowest BCUT2D eigenvalue weighted by Gasteiger charge is -2.31. The lowest BCUT2D eigenvalue weighted by molar-refractivity contribution is 0.315. The van der Waals surface area contributed by atoms with Crippen LogP contribution in [-0.2, 0) is 0 Å². The maximum atomic E-state index is 4.54. The third kappa shape index (κ3) is 6.38. The summed E-state index contributed by atoms with van der Waals surface area (Å²) in [5, 5.41) is 16.8. The van der Waals surface area contributed by atoms with E-state index in [0.29, 0.717) is 6.04 Å². The fourth-order valence-electron chi connectivity index (χ4n) is 5.48. The van der Waals surface area contributed by atoms with Gasteiger partial charge in [-0.25, -0.2) is 4.68 Å². The normalized spacial score (nSPS) is 16.1. The first-order valence-electron chi connectivity index (χ1n) is 13.0. The summed E-state index contributed by atoms with van der Waals surface area (Å²) >= 11 is 0. The predicted molar refractivity (Wildman–Crippen MR) is 153 cm³/mol. The monoisotopic (exact) mass is 503 g/mol. The van der Waals surface area contributed by atoms with Gasteiger partial charge in [0.15, 0.2) is 5.82 Å². The van der Waals surface area contributed by atoms with Crippen LogP contribution in [0.5, 0.6) is 0 Å². The lowest BCUT2D eigenvalue weighted by Crippen LogP contribution is -2.39. The molecule has 1 N–H and O–H groups in total. The predicted octanol–water partition coefficient (Wildman–Crippen LogP) is 7.52. The van der Waals surface area contributed by atoms with Crippen molar-refractivity contribution in [3.63, 3.8) is 0 Å². The molecule has 2 aromatic carbocycles. The molecule has 1 heterocycles. The molecule has 1 aliphatic rings. The molecule has 35 heavy (non-hydrogen) atoms. The topological polar surface area (TPSA) is 55.6 Å². The Labute approximate surface area is 213 Å². The number of aromatic nitrogens is 4. The Balaban J connectivity index is 1.70. The van der Waals surface area contributed by atoms with Crippen molar-refractivity contribution in [2.24, 2.45) is 0 Å². The number of tetrazole rings is 1. The number of hydrogen-bond acceptors (Lipinski definition) is 4. The Morgan fingerprint density at radius 1 is 0.886 bits per heavy atom. The van der Waals surface area contributed by atoms with Gasteiger partial charge in [0, 0.05) is 5.69 Å². The zero-order chi connectivity index (χ0) is 25.1. The molecule has 7 heteroatoms. The second-order valence-electron chi connectivity index (χ2n) is 11.9. The molecule has 1 aliphatic carbocycles. The summed E-state index contributed by atoms with van der Waals surface area (Å²) < 4.78 is 2.09. The van der Waals surface area contributed by atoms with Gasteiger partial charge in [0.25, 0.3) is 0 Å². The van der Waals surface area contributed by atoms with Crippen LogP contribution < -0.4 is 5.32 Å². The van der Waals surface area contributed by atoms with Crippen LogP contribution in [0.2, 0.25) is 39.3 Å². The van der Waals surface area contributed by atoms with Gasteiger partial charge in [-0.15, -0.1) is 5.10 Å². The van der Waals surface area contributed by atoms with Gasteiger partial charge in [0.1, 0.15) is 6.04 Å². The first kappa shape index (κ1) is 25.6. The van der Waals surface area contributed by atoms with Gasteiger partial charge >= 0.3 is 0 Å². The molecular weight excluding hydrogens is 463 g/mol. The molecule has 0 spiro atoms. The summed E-state index contributed by atoms with van der Waals surface area (Å²) in [6.07, 6.45) is 8.59. The van der Waals surface area contributed by atoms with Crippen molar-refractivity contribution in [2.75, 3.05) is 5.32 Å². The first-order chi connectivity index (χ1) is 16.6. The smallest absolute Gasteiger partial charge is 0.178 e. The molecule has 1 fully saturated rings. The summed E-state index contributed by atoms with van der Waals surface area (Å²) in [5.41, 5.74) is 3.54. The van der Waals surface area contributed by atoms with Gasteiger partial charge in [-0.2, -0.15) is 0 Å². The van der Waals surface area contributed by atoms with E-state index in [9.17, 15) is 0 Å². The van der Waals surface area contributed by atoms with Crippen LogP contribution in [-0.4, -0.2) is 36.4 Å². The second-order valence-corrected chi connectivity index (χ2v) is 22.5. The van der Waals surface area contributed by atoms with Crippen molar-refractivity contribution in [2.45, 2.75) is 83.5 Å². The van der Waals surface area contributed by atoms with Gasteiger partial charge < -0.3 is 5.32 Å². The Morgan fingerprint density at radius 2 is 1.51 bits per heavy atom. The molecule has 0 radical (unpaired) electrons. The molecule has 0 saturated heterocycles. The van der Waals surface area contributed by atoms with Gasteiger partial charge in [-0.3, -0.25) is 0 Å². The molecule has 186 valence electrons. The van der Waals surface area contributed by atoms with Crippen molar-refractivity contribution in [1.29, 1.82) is 0 Å². The summed E-state index contributed by atoms with van der Waals surface area (Å²) in [6.45, 7) is 14.8. The van der Waals surface area contributed by atoms with E-state index in [1.165, 1.54) is 30.4 Å². The number of anilines is 1. The molecule has 1 atom stereocenters. The van der Waals surface area contributed by atoms with Crippen molar-refractivity contribution in [3.8, 4) is 0 Å². The fourth-order valence-corrected chi connectivity index (χ4v) is 15.7. The van der Waals surface area contributed by atoms with E-state index in [4.69, 9.17) is 0 Å². The molecule has 0 aliphatic heterocycles. The number of benzene rings is 2. The van der Waals surface area contributed by atoms with Crippen LogP contribution in [0.3, 0.4) is 0 Å². The number of nitrogens with one attached hydrogen (secondary N) is 1. The van der Waals surface area contributed by atoms with E-state index in [2.05, 4.69) is 119 Å². The SMILES string of the molecule is C[Si](C)(C)C(=Cc1ccc(C(Nc2ccccc2)c2nnnn2C2CCCCC2)cc1)[Si](C)(C)C. The van der Waals surface area contributed by atoms with E-state index in [-0.39, 0.29) is 6.04 Å². The third-order valence-corrected chi connectivity index (χ3v) is 15.0. The molecule has 1 aromatic heterocycles. The molecule has 0 amide bonds. The average Bonchev–Trinajstić information content (AvgIpc) is 3.31. The molecule has 5 nitrogen and oxygen atoms in total. The molecular formula is C28H41N5Si2. The molecule has 3 aromatic rings. The van der Waals surface area contributed by atoms with Crippen LogP contribution in [0.4, 0.5) is 5.69 Å². The average molecular weight is 504 g/mol. The zero-order valence-electron chi connectivity index (χ0n) is 22.3. The van der Waals surface area contributed by atoms with Gasteiger partial charge in [-0.1, -0.05) is 112 Å². The van der Waals surface area contributed by atoms with Crippen LogP contribution in [0.25, 0.3) is 6.08 Å². The van der Waals surface area contributed by atoms with E-state index in [1.807, 2.05) is 6.07 Å². The minimum Gasteiger partial charge on any atom is -0.371 e. The summed E-state index contributed by atoms with van der Waals surface area (Å²) in [5.74, 6) is 0.897. The van der Waals surface area contributed by atoms with Gasteiger partial charge in [-0.05, 0) is 46.5 Å². The molecule has 4 rings (SSSR count). The van der Waals surface area contributed by atoms with Crippen LogP contribution in [0.15, 0.2) is 59.4 Å². The van der Waals surface area contributed by atoms with E-state index in [1.54, 1.807) is 4.82 Å². The number of hydrogen-bond donors (Lipinski definition) is 1. The molecule has 1 unspecified atom stereocenters. The highest BCUT2D eigenvalue weighted by molar-refractivity contribution is 7.05.